The molecule has 1 heterocycles. The predicted molar refractivity (Wildman–Crippen MR) is 112 cm³/mol. The van der Waals surface area contributed by atoms with E-state index < -0.39 is 26.6 Å². The predicted octanol–water partition coefficient (Wildman–Crippen LogP) is 3.21. The van der Waals surface area contributed by atoms with Crippen molar-refractivity contribution < 1.29 is 26.7 Å². The van der Waals surface area contributed by atoms with Gasteiger partial charge < -0.3 is 9.64 Å². The zero-order chi connectivity index (χ0) is 22.6. The van der Waals surface area contributed by atoms with Crippen molar-refractivity contribution in [2.24, 2.45) is 5.92 Å². The molecule has 0 bridgehead atoms. The molecule has 0 N–H and O–H groups in total. The minimum absolute atomic E-state index is 0.0718. The third-order valence-corrected chi connectivity index (χ3v) is 7.29. The number of piperidine rings is 1. The van der Waals surface area contributed by atoms with Crippen LogP contribution in [-0.2, 0) is 14.8 Å². The molecule has 1 aliphatic heterocycles. The van der Waals surface area contributed by atoms with Gasteiger partial charge in [-0.1, -0.05) is 12.1 Å². The van der Waals surface area contributed by atoms with Crippen molar-refractivity contribution >= 4 is 15.9 Å². The Bertz CT molecular complexity index is 1040. The number of carbonyl (C=O) groups excluding carboxylic acids is 1. The highest BCUT2D eigenvalue weighted by Crippen LogP contribution is 2.26. The van der Waals surface area contributed by atoms with E-state index in [0.29, 0.717) is 32.1 Å². The van der Waals surface area contributed by atoms with Crippen LogP contribution in [0, 0.1) is 24.5 Å². The standard InChI is InChI=1S/C22H26F2N2O4S/c1-16-4-3-5-19(14-16)30-13-12-25(2)22(27)17-8-10-26(11-9-17)31(28,29)21-15-18(23)6-7-20(21)24/h3-7,14-15,17H,8-13H2,1-2H3. The maximum Gasteiger partial charge on any atom is 0.246 e. The summed E-state index contributed by atoms with van der Waals surface area (Å²) in [5, 5.41) is 0. The number of sulfonamides is 1. The SMILES string of the molecule is Cc1cccc(OCCN(C)C(=O)C2CCN(S(=O)(=O)c3cc(F)ccc3F)CC2)c1. The highest BCUT2D eigenvalue weighted by atomic mass is 32.2. The van der Waals surface area contributed by atoms with Crippen molar-refractivity contribution in [2.45, 2.75) is 24.7 Å². The number of amides is 1. The number of hydrogen-bond donors (Lipinski definition) is 0. The van der Waals surface area contributed by atoms with Gasteiger partial charge in [0.2, 0.25) is 15.9 Å². The Morgan fingerprint density at radius 2 is 1.87 bits per heavy atom. The molecule has 0 aliphatic carbocycles. The molecule has 0 atom stereocenters. The first-order chi connectivity index (χ1) is 14.7. The van der Waals surface area contributed by atoms with E-state index in [4.69, 9.17) is 4.74 Å². The monoisotopic (exact) mass is 452 g/mol. The molecule has 0 spiro atoms. The number of carbonyl (C=O) groups is 1. The van der Waals surface area contributed by atoms with E-state index in [2.05, 4.69) is 0 Å². The van der Waals surface area contributed by atoms with Gasteiger partial charge in [0.25, 0.3) is 0 Å². The number of likely N-dealkylation sites (N-methyl/N-ethyl adjacent to an activating group) is 1. The van der Waals surface area contributed by atoms with Crippen LogP contribution in [-0.4, -0.2) is 56.8 Å². The Balaban J connectivity index is 1.52. The molecule has 3 rings (SSSR count). The smallest absolute Gasteiger partial charge is 0.246 e. The average molecular weight is 453 g/mol. The van der Waals surface area contributed by atoms with Crippen molar-refractivity contribution in [3.8, 4) is 5.75 Å². The van der Waals surface area contributed by atoms with Crippen LogP contribution in [0.5, 0.6) is 5.75 Å². The van der Waals surface area contributed by atoms with Gasteiger partial charge in [-0.25, -0.2) is 17.2 Å². The molecule has 2 aromatic rings. The Morgan fingerprint density at radius 1 is 1.16 bits per heavy atom. The van der Waals surface area contributed by atoms with Crippen molar-refractivity contribution in [3.05, 3.63) is 59.7 Å². The van der Waals surface area contributed by atoms with Crippen LogP contribution in [0.25, 0.3) is 0 Å². The highest BCUT2D eigenvalue weighted by molar-refractivity contribution is 7.89. The summed E-state index contributed by atoms with van der Waals surface area (Å²) >= 11 is 0. The second-order valence-electron chi connectivity index (χ2n) is 7.68. The maximum absolute atomic E-state index is 13.9. The van der Waals surface area contributed by atoms with Gasteiger partial charge in [0.05, 0.1) is 6.54 Å². The lowest BCUT2D eigenvalue weighted by Crippen LogP contribution is -2.44. The van der Waals surface area contributed by atoms with Gasteiger partial charge in [-0.2, -0.15) is 4.31 Å². The molecule has 31 heavy (non-hydrogen) atoms. The summed E-state index contributed by atoms with van der Waals surface area (Å²) in [7, 11) is -2.47. The normalized spacial score (nSPS) is 15.6. The van der Waals surface area contributed by atoms with Gasteiger partial charge >= 0.3 is 0 Å². The number of hydrogen-bond acceptors (Lipinski definition) is 4. The van der Waals surface area contributed by atoms with Crippen molar-refractivity contribution in [2.75, 3.05) is 33.3 Å². The van der Waals surface area contributed by atoms with Crippen LogP contribution in [0.2, 0.25) is 0 Å². The average Bonchev–Trinajstić information content (AvgIpc) is 2.75. The lowest BCUT2D eigenvalue weighted by Gasteiger charge is -2.32. The second kappa shape index (κ2) is 9.74. The number of halogens is 2. The maximum atomic E-state index is 13.9. The van der Waals surface area contributed by atoms with Crippen LogP contribution in [0.3, 0.4) is 0 Å². The third-order valence-electron chi connectivity index (χ3n) is 5.38. The fourth-order valence-electron chi connectivity index (χ4n) is 3.58. The van der Waals surface area contributed by atoms with E-state index in [1.54, 1.807) is 11.9 Å². The summed E-state index contributed by atoms with van der Waals surface area (Å²) in [4.78, 5) is 13.6. The van der Waals surface area contributed by atoms with E-state index in [-0.39, 0.29) is 24.9 Å². The molecule has 1 aliphatic rings. The molecular weight excluding hydrogens is 426 g/mol. The van der Waals surface area contributed by atoms with E-state index >= 15 is 0 Å². The summed E-state index contributed by atoms with van der Waals surface area (Å²) in [5.74, 6) is -1.48. The Morgan fingerprint density at radius 3 is 2.55 bits per heavy atom. The molecule has 0 unspecified atom stereocenters. The molecule has 168 valence electrons. The zero-order valence-electron chi connectivity index (χ0n) is 17.6. The first-order valence-corrected chi connectivity index (χ1v) is 11.5. The molecular formula is C22H26F2N2O4S. The molecule has 1 amide bonds. The quantitative estimate of drug-likeness (QED) is 0.647. The third kappa shape index (κ3) is 5.59. The number of aryl methyl sites for hydroxylation is 1. The molecule has 1 fully saturated rings. The van der Waals surface area contributed by atoms with E-state index in [1.165, 1.54) is 0 Å². The molecule has 0 saturated carbocycles. The molecule has 6 nitrogen and oxygen atoms in total. The minimum Gasteiger partial charge on any atom is -0.492 e. The Kier molecular flexibility index (Phi) is 7.27. The molecule has 0 aromatic heterocycles. The number of benzene rings is 2. The van der Waals surface area contributed by atoms with Crippen LogP contribution < -0.4 is 4.74 Å². The van der Waals surface area contributed by atoms with Crippen LogP contribution >= 0.6 is 0 Å². The summed E-state index contributed by atoms with van der Waals surface area (Å²) in [6, 6.07) is 9.99. The lowest BCUT2D eigenvalue weighted by atomic mass is 9.97. The van der Waals surface area contributed by atoms with Gasteiger partial charge in [0.1, 0.15) is 28.9 Å². The summed E-state index contributed by atoms with van der Waals surface area (Å²) in [6.07, 6.45) is 0.635. The van der Waals surface area contributed by atoms with Crippen molar-refractivity contribution in [1.82, 2.24) is 9.21 Å². The van der Waals surface area contributed by atoms with Gasteiger partial charge in [0.15, 0.2) is 0 Å². The van der Waals surface area contributed by atoms with Crippen molar-refractivity contribution in [3.63, 3.8) is 0 Å². The number of rotatable bonds is 7. The van der Waals surface area contributed by atoms with Crippen molar-refractivity contribution in [1.29, 1.82) is 0 Å². The summed E-state index contributed by atoms with van der Waals surface area (Å²) in [6.45, 7) is 2.86. The largest absolute Gasteiger partial charge is 0.492 e. The fourth-order valence-corrected chi connectivity index (χ4v) is 5.13. The Hall–Kier alpha value is -2.52. The van der Waals surface area contributed by atoms with E-state index in [9.17, 15) is 22.0 Å². The molecule has 9 heteroatoms. The van der Waals surface area contributed by atoms with Crippen LogP contribution in [0.4, 0.5) is 8.78 Å². The van der Waals surface area contributed by atoms with E-state index in [1.807, 2.05) is 31.2 Å². The topological polar surface area (TPSA) is 66.9 Å². The van der Waals surface area contributed by atoms with Gasteiger partial charge in [-0.3, -0.25) is 4.79 Å². The highest BCUT2D eigenvalue weighted by Gasteiger charge is 2.34. The minimum atomic E-state index is -4.16. The number of nitrogens with zero attached hydrogens (tertiary/aromatic N) is 2. The van der Waals surface area contributed by atoms with Gasteiger partial charge in [-0.05, 0) is 55.7 Å². The summed E-state index contributed by atoms with van der Waals surface area (Å²) < 4.78 is 59.5. The first-order valence-electron chi connectivity index (χ1n) is 10.1. The molecule has 2 aromatic carbocycles. The molecule has 1 saturated heterocycles. The van der Waals surface area contributed by atoms with Gasteiger partial charge in [-0.15, -0.1) is 0 Å². The zero-order valence-corrected chi connectivity index (χ0v) is 18.4. The number of ether oxygens (including phenoxy) is 1. The summed E-state index contributed by atoms with van der Waals surface area (Å²) in [5.41, 5.74) is 1.08. The second-order valence-corrected chi connectivity index (χ2v) is 9.58. The fraction of sp³-hybridized carbons (Fsp3) is 0.409. The Labute approximate surface area is 181 Å². The lowest BCUT2D eigenvalue weighted by molar-refractivity contribution is -0.135. The molecule has 0 radical (unpaired) electrons. The van der Waals surface area contributed by atoms with Crippen LogP contribution in [0.1, 0.15) is 18.4 Å². The van der Waals surface area contributed by atoms with Gasteiger partial charge in [0, 0.05) is 26.1 Å². The van der Waals surface area contributed by atoms with E-state index in [0.717, 1.165) is 27.8 Å². The first kappa shape index (κ1) is 23.1. The van der Waals surface area contributed by atoms with Crippen LogP contribution in [0.15, 0.2) is 47.4 Å².